The number of hydrogen-bond acceptors (Lipinski definition) is 4. The highest BCUT2D eigenvalue weighted by Gasteiger charge is 2.23. The molecule has 0 bridgehead atoms. The molecule has 0 saturated heterocycles. The summed E-state index contributed by atoms with van der Waals surface area (Å²) in [5.74, 6) is 1.49. The molecule has 1 aliphatic carbocycles. The van der Waals surface area contributed by atoms with Gasteiger partial charge in [0.25, 0.3) is 5.88 Å². The van der Waals surface area contributed by atoms with Gasteiger partial charge in [0, 0.05) is 6.07 Å². The minimum atomic E-state index is 0.177. The molecule has 1 fully saturated rings. The summed E-state index contributed by atoms with van der Waals surface area (Å²) in [6.45, 7) is 0. The van der Waals surface area contributed by atoms with Crippen molar-refractivity contribution in [1.29, 1.82) is 5.26 Å². The second kappa shape index (κ2) is 4.87. The number of rotatable bonds is 3. The molecule has 0 radical (unpaired) electrons. The average molecular weight is 272 g/mol. The van der Waals surface area contributed by atoms with Gasteiger partial charge in [-0.15, -0.1) is 10.2 Å². The first kappa shape index (κ1) is 11.9. The summed E-state index contributed by atoms with van der Waals surface area (Å²) in [5, 5.41) is 16.7. The highest BCUT2D eigenvalue weighted by molar-refractivity contribution is 6.29. The van der Waals surface area contributed by atoms with Gasteiger partial charge in [0.15, 0.2) is 5.15 Å². The monoisotopic (exact) mass is 271 g/mol. The molecule has 5 heteroatoms. The first-order chi connectivity index (χ1) is 9.26. The molecule has 1 aromatic carbocycles. The van der Waals surface area contributed by atoms with Gasteiger partial charge in [-0.2, -0.15) is 5.26 Å². The van der Waals surface area contributed by atoms with Crippen molar-refractivity contribution in [1.82, 2.24) is 10.2 Å². The molecule has 4 nitrogen and oxygen atoms in total. The predicted molar refractivity (Wildman–Crippen MR) is 70.2 cm³/mol. The smallest absolute Gasteiger partial charge is 0.257 e. The van der Waals surface area contributed by atoms with Crippen LogP contribution >= 0.6 is 11.6 Å². The predicted octanol–water partition coefficient (Wildman–Crippen LogP) is 3.67. The molecule has 1 heterocycles. The standard InChI is InChI=1S/C14H10ClN3O/c15-13-7-11(8-16)14(18-17-13)19-12-3-1-2-10(6-12)9-4-5-9/h1-3,6-7,9H,4-5H2. The number of aromatic nitrogens is 2. The van der Waals surface area contributed by atoms with Gasteiger partial charge in [-0.05, 0) is 36.5 Å². The van der Waals surface area contributed by atoms with Gasteiger partial charge in [0.2, 0.25) is 0 Å². The maximum Gasteiger partial charge on any atom is 0.257 e. The maximum atomic E-state index is 9.02. The fourth-order valence-electron chi connectivity index (χ4n) is 1.87. The average Bonchev–Trinajstić information content (AvgIpc) is 3.25. The Morgan fingerprint density at radius 2 is 2.11 bits per heavy atom. The molecule has 1 saturated carbocycles. The lowest BCUT2D eigenvalue weighted by atomic mass is 10.1. The molecule has 1 aliphatic rings. The second-order valence-electron chi connectivity index (χ2n) is 4.45. The SMILES string of the molecule is N#Cc1cc(Cl)nnc1Oc1cccc(C2CC2)c1. The number of benzene rings is 1. The van der Waals surface area contributed by atoms with Crippen molar-refractivity contribution in [3.8, 4) is 17.7 Å². The van der Waals surface area contributed by atoms with E-state index >= 15 is 0 Å². The van der Waals surface area contributed by atoms with Crippen LogP contribution in [0.15, 0.2) is 30.3 Å². The van der Waals surface area contributed by atoms with E-state index in [2.05, 4.69) is 16.3 Å². The van der Waals surface area contributed by atoms with E-state index in [1.165, 1.54) is 24.5 Å². The summed E-state index contributed by atoms with van der Waals surface area (Å²) in [6, 6.07) is 11.3. The Labute approximate surface area is 115 Å². The van der Waals surface area contributed by atoms with Crippen molar-refractivity contribution >= 4 is 11.6 Å². The van der Waals surface area contributed by atoms with E-state index in [1.54, 1.807) is 0 Å². The Morgan fingerprint density at radius 1 is 1.26 bits per heavy atom. The highest BCUT2D eigenvalue weighted by atomic mass is 35.5. The lowest BCUT2D eigenvalue weighted by molar-refractivity contribution is 0.453. The molecule has 19 heavy (non-hydrogen) atoms. The molecular weight excluding hydrogens is 262 g/mol. The van der Waals surface area contributed by atoms with Gasteiger partial charge in [0.05, 0.1) is 0 Å². The van der Waals surface area contributed by atoms with Crippen LogP contribution in [-0.4, -0.2) is 10.2 Å². The van der Waals surface area contributed by atoms with Crippen molar-refractivity contribution in [2.45, 2.75) is 18.8 Å². The van der Waals surface area contributed by atoms with E-state index in [-0.39, 0.29) is 16.6 Å². The van der Waals surface area contributed by atoms with Crippen molar-refractivity contribution < 1.29 is 4.74 Å². The largest absolute Gasteiger partial charge is 0.437 e. The zero-order valence-electron chi connectivity index (χ0n) is 10.0. The second-order valence-corrected chi connectivity index (χ2v) is 4.83. The van der Waals surface area contributed by atoms with Crippen LogP contribution in [0.4, 0.5) is 0 Å². The lowest BCUT2D eigenvalue weighted by Crippen LogP contribution is -1.95. The minimum absolute atomic E-state index is 0.177. The molecule has 2 aromatic rings. The van der Waals surface area contributed by atoms with E-state index in [0.717, 1.165) is 0 Å². The third-order valence-electron chi connectivity index (χ3n) is 2.97. The zero-order valence-corrected chi connectivity index (χ0v) is 10.8. The highest BCUT2D eigenvalue weighted by Crippen LogP contribution is 2.41. The first-order valence-corrected chi connectivity index (χ1v) is 6.35. The number of nitrogens with zero attached hydrogens (tertiary/aromatic N) is 3. The number of nitriles is 1. The van der Waals surface area contributed by atoms with Crippen molar-refractivity contribution in [2.24, 2.45) is 0 Å². The molecule has 0 aliphatic heterocycles. The van der Waals surface area contributed by atoms with Crippen LogP contribution in [0.5, 0.6) is 11.6 Å². The van der Waals surface area contributed by atoms with Gasteiger partial charge < -0.3 is 4.74 Å². The molecule has 0 atom stereocenters. The van der Waals surface area contributed by atoms with E-state index < -0.39 is 0 Å². The maximum absolute atomic E-state index is 9.02. The van der Waals surface area contributed by atoms with Crippen LogP contribution in [-0.2, 0) is 0 Å². The minimum Gasteiger partial charge on any atom is -0.437 e. The third kappa shape index (κ3) is 2.67. The summed E-state index contributed by atoms with van der Waals surface area (Å²) in [4.78, 5) is 0. The van der Waals surface area contributed by atoms with Crippen LogP contribution in [0.3, 0.4) is 0 Å². The molecule has 0 unspecified atom stereocenters. The fraction of sp³-hybridized carbons (Fsp3) is 0.214. The van der Waals surface area contributed by atoms with Gasteiger partial charge in [0.1, 0.15) is 17.4 Å². The molecule has 0 N–H and O–H groups in total. The third-order valence-corrected chi connectivity index (χ3v) is 3.16. The molecule has 0 spiro atoms. The van der Waals surface area contributed by atoms with E-state index in [1.807, 2.05) is 24.3 Å². The topological polar surface area (TPSA) is 58.8 Å². The van der Waals surface area contributed by atoms with E-state index in [9.17, 15) is 0 Å². The van der Waals surface area contributed by atoms with Crippen molar-refractivity contribution in [3.63, 3.8) is 0 Å². The summed E-state index contributed by atoms with van der Waals surface area (Å²) < 4.78 is 5.62. The summed E-state index contributed by atoms with van der Waals surface area (Å²) in [5.41, 5.74) is 1.54. The summed E-state index contributed by atoms with van der Waals surface area (Å²) in [7, 11) is 0. The van der Waals surface area contributed by atoms with Crippen LogP contribution in [0.25, 0.3) is 0 Å². The van der Waals surface area contributed by atoms with Gasteiger partial charge in [-0.25, -0.2) is 0 Å². The van der Waals surface area contributed by atoms with Crippen LogP contribution < -0.4 is 4.74 Å². The Hall–Kier alpha value is -2.12. The quantitative estimate of drug-likeness (QED) is 0.854. The van der Waals surface area contributed by atoms with E-state index in [4.69, 9.17) is 21.6 Å². The van der Waals surface area contributed by atoms with Crippen LogP contribution in [0.1, 0.15) is 29.9 Å². The molecule has 94 valence electrons. The van der Waals surface area contributed by atoms with Crippen molar-refractivity contribution in [3.05, 3.63) is 46.6 Å². The lowest BCUT2D eigenvalue weighted by Gasteiger charge is -2.07. The fourth-order valence-corrected chi connectivity index (χ4v) is 2.02. The number of halogens is 1. The molecule has 3 rings (SSSR count). The molecule has 0 amide bonds. The number of hydrogen-bond donors (Lipinski definition) is 0. The normalized spacial score (nSPS) is 13.9. The van der Waals surface area contributed by atoms with Gasteiger partial charge >= 0.3 is 0 Å². The Bertz CT molecular complexity index is 662. The molecular formula is C14H10ClN3O. The van der Waals surface area contributed by atoms with Gasteiger partial charge in [-0.3, -0.25) is 0 Å². The van der Waals surface area contributed by atoms with Crippen molar-refractivity contribution in [2.75, 3.05) is 0 Å². The Morgan fingerprint density at radius 3 is 2.84 bits per heavy atom. The Kier molecular flexibility index (Phi) is 3.06. The summed E-state index contributed by atoms with van der Waals surface area (Å²) >= 11 is 5.69. The number of ether oxygens (including phenoxy) is 1. The van der Waals surface area contributed by atoms with E-state index in [0.29, 0.717) is 11.7 Å². The summed E-state index contributed by atoms with van der Waals surface area (Å²) in [6.07, 6.45) is 2.46. The first-order valence-electron chi connectivity index (χ1n) is 5.97. The Balaban J connectivity index is 1.88. The van der Waals surface area contributed by atoms with Crippen LogP contribution in [0.2, 0.25) is 5.15 Å². The van der Waals surface area contributed by atoms with Gasteiger partial charge in [-0.1, -0.05) is 23.7 Å². The zero-order chi connectivity index (χ0) is 13.2. The molecule has 1 aromatic heterocycles. The van der Waals surface area contributed by atoms with Crippen LogP contribution in [0, 0.1) is 11.3 Å².